The molecule has 1 amide bonds. The molecule has 0 bridgehead atoms. The van der Waals surface area contributed by atoms with Crippen LogP contribution in [-0.4, -0.2) is 55.1 Å². The summed E-state index contributed by atoms with van der Waals surface area (Å²) < 4.78 is 0. The number of amides is 1. The van der Waals surface area contributed by atoms with Crippen molar-refractivity contribution in [3.05, 3.63) is 35.4 Å². The number of hydrogen-bond donors (Lipinski definition) is 1. The number of hydrogen-bond acceptors (Lipinski definition) is 3. The molecule has 4 nitrogen and oxygen atoms in total. The van der Waals surface area contributed by atoms with Gasteiger partial charge in [0, 0.05) is 19.0 Å². The molecule has 0 spiro atoms. The van der Waals surface area contributed by atoms with Crippen molar-refractivity contribution in [2.75, 3.05) is 34.3 Å². The SMILES string of the molecule is Cc1ccccc1[C@H](C(=O)N(C)CC1(CO)CCC1)N(C)C. The summed E-state index contributed by atoms with van der Waals surface area (Å²) >= 11 is 0. The van der Waals surface area contributed by atoms with Crippen LogP contribution in [0.5, 0.6) is 0 Å². The maximum Gasteiger partial charge on any atom is 0.244 e. The molecule has 0 heterocycles. The lowest BCUT2D eigenvalue weighted by Gasteiger charge is -2.43. The fourth-order valence-electron chi connectivity index (χ4n) is 3.36. The molecule has 0 aromatic heterocycles. The Morgan fingerprint density at radius 1 is 1.27 bits per heavy atom. The molecule has 1 aliphatic rings. The molecule has 0 unspecified atom stereocenters. The van der Waals surface area contributed by atoms with E-state index in [4.69, 9.17) is 0 Å². The third kappa shape index (κ3) is 3.33. The van der Waals surface area contributed by atoms with Crippen LogP contribution in [-0.2, 0) is 4.79 Å². The maximum absolute atomic E-state index is 13.0. The fourth-order valence-corrected chi connectivity index (χ4v) is 3.36. The predicted molar refractivity (Wildman–Crippen MR) is 88.6 cm³/mol. The minimum atomic E-state index is -0.276. The van der Waals surface area contributed by atoms with Gasteiger partial charge in [-0.3, -0.25) is 9.69 Å². The zero-order chi connectivity index (χ0) is 16.3. The number of nitrogens with zero attached hydrogens (tertiary/aromatic N) is 2. The smallest absolute Gasteiger partial charge is 0.244 e. The Bertz CT molecular complexity index is 518. The molecule has 1 aliphatic carbocycles. The van der Waals surface area contributed by atoms with E-state index in [-0.39, 0.29) is 24.0 Å². The number of aliphatic hydroxyl groups excluding tert-OH is 1. The maximum atomic E-state index is 13.0. The second kappa shape index (κ2) is 6.80. The molecular weight excluding hydrogens is 276 g/mol. The van der Waals surface area contributed by atoms with Crippen molar-refractivity contribution in [3.63, 3.8) is 0 Å². The summed E-state index contributed by atoms with van der Waals surface area (Å²) in [7, 11) is 5.73. The summed E-state index contributed by atoms with van der Waals surface area (Å²) in [6, 6.07) is 7.77. The van der Waals surface area contributed by atoms with Gasteiger partial charge in [-0.1, -0.05) is 30.7 Å². The molecule has 0 aliphatic heterocycles. The topological polar surface area (TPSA) is 43.8 Å². The molecule has 4 heteroatoms. The van der Waals surface area contributed by atoms with Crippen LogP contribution in [0, 0.1) is 12.3 Å². The Balaban J connectivity index is 2.18. The summed E-state index contributed by atoms with van der Waals surface area (Å²) in [5.74, 6) is 0.0963. The average Bonchev–Trinajstić information content (AvgIpc) is 2.44. The highest BCUT2D eigenvalue weighted by molar-refractivity contribution is 5.83. The molecule has 1 atom stereocenters. The first-order chi connectivity index (χ1) is 10.4. The van der Waals surface area contributed by atoms with Crippen LogP contribution in [0.2, 0.25) is 0 Å². The van der Waals surface area contributed by atoms with Gasteiger partial charge in [0.05, 0.1) is 6.61 Å². The Kier molecular flexibility index (Phi) is 5.24. The van der Waals surface area contributed by atoms with Crippen molar-refractivity contribution >= 4 is 5.91 Å². The number of likely N-dealkylation sites (N-methyl/N-ethyl adjacent to an activating group) is 2. The third-order valence-corrected chi connectivity index (χ3v) is 4.93. The first-order valence-corrected chi connectivity index (χ1v) is 7.98. The summed E-state index contributed by atoms with van der Waals surface area (Å²) in [6.07, 6.45) is 3.17. The third-order valence-electron chi connectivity index (χ3n) is 4.93. The lowest BCUT2D eigenvalue weighted by atomic mass is 9.69. The minimum absolute atomic E-state index is 0.0764. The van der Waals surface area contributed by atoms with Crippen LogP contribution in [0.1, 0.15) is 36.4 Å². The van der Waals surface area contributed by atoms with Gasteiger partial charge >= 0.3 is 0 Å². The molecule has 22 heavy (non-hydrogen) atoms. The molecule has 1 fully saturated rings. The quantitative estimate of drug-likeness (QED) is 0.876. The van der Waals surface area contributed by atoms with Gasteiger partial charge in [-0.25, -0.2) is 0 Å². The van der Waals surface area contributed by atoms with Crippen molar-refractivity contribution in [3.8, 4) is 0 Å². The summed E-state index contributed by atoms with van der Waals surface area (Å²) in [4.78, 5) is 16.7. The second-order valence-electron chi connectivity index (χ2n) is 6.93. The second-order valence-corrected chi connectivity index (χ2v) is 6.93. The van der Waals surface area contributed by atoms with E-state index in [1.807, 2.05) is 57.2 Å². The van der Waals surface area contributed by atoms with Crippen LogP contribution >= 0.6 is 0 Å². The molecule has 0 saturated heterocycles. The van der Waals surface area contributed by atoms with Gasteiger partial charge < -0.3 is 10.0 Å². The Morgan fingerprint density at radius 3 is 2.36 bits per heavy atom. The number of carbonyl (C=O) groups is 1. The number of aryl methyl sites for hydroxylation is 1. The van der Waals surface area contributed by atoms with Crippen LogP contribution in [0.4, 0.5) is 0 Å². The van der Waals surface area contributed by atoms with E-state index in [0.717, 1.165) is 30.4 Å². The largest absolute Gasteiger partial charge is 0.396 e. The van der Waals surface area contributed by atoms with Gasteiger partial charge in [0.2, 0.25) is 5.91 Å². The van der Waals surface area contributed by atoms with Crippen molar-refractivity contribution < 1.29 is 9.90 Å². The number of benzene rings is 1. The van der Waals surface area contributed by atoms with Crippen LogP contribution in [0.15, 0.2) is 24.3 Å². The molecule has 122 valence electrons. The number of aliphatic hydroxyl groups is 1. The van der Waals surface area contributed by atoms with Crippen molar-refractivity contribution in [2.45, 2.75) is 32.2 Å². The molecule has 1 aromatic carbocycles. The fraction of sp³-hybridized carbons (Fsp3) is 0.611. The van der Waals surface area contributed by atoms with Crippen LogP contribution < -0.4 is 0 Å². The Morgan fingerprint density at radius 2 is 1.91 bits per heavy atom. The lowest BCUT2D eigenvalue weighted by molar-refractivity contribution is -0.138. The van der Waals surface area contributed by atoms with Gasteiger partial charge in [-0.05, 0) is 45.0 Å². The molecule has 0 radical (unpaired) electrons. The van der Waals surface area contributed by atoms with E-state index >= 15 is 0 Å². The van der Waals surface area contributed by atoms with E-state index < -0.39 is 0 Å². The summed E-state index contributed by atoms with van der Waals surface area (Å²) in [5.41, 5.74) is 2.10. The number of rotatable bonds is 6. The Labute approximate surface area is 133 Å². The number of carbonyl (C=O) groups excluding carboxylic acids is 1. The van der Waals surface area contributed by atoms with E-state index in [1.54, 1.807) is 4.90 Å². The zero-order valence-electron chi connectivity index (χ0n) is 14.2. The van der Waals surface area contributed by atoms with E-state index in [0.29, 0.717) is 6.54 Å². The van der Waals surface area contributed by atoms with Gasteiger partial charge in [0.1, 0.15) is 6.04 Å². The molecule has 2 rings (SSSR count). The van der Waals surface area contributed by atoms with Crippen LogP contribution in [0.25, 0.3) is 0 Å². The highest BCUT2D eigenvalue weighted by atomic mass is 16.3. The van der Waals surface area contributed by atoms with E-state index in [2.05, 4.69) is 0 Å². The summed E-state index contributed by atoms with van der Waals surface area (Å²) in [5, 5.41) is 9.63. The zero-order valence-corrected chi connectivity index (χ0v) is 14.2. The Hall–Kier alpha value is -1.39. The van der Waals surface area contributed by atoms with E-state index in [9.17, 15) is 9.90 Å². The lowest BCUT2D eigenvalue weighted by Crippen LogP contribution is -2.48. The standard InChI is InChI=1S/C18H28N2O2/c1-14-8-5-6-9-15(14)16(19(2)3)17(22)20(4)12-18(13-21)10-7-11-18/h5-6,8-9,16,21H,7,10-13H2,1-4H3/t16-/m1/s1. The van der Waals surface area contributed by atoms with Gasteiger partial charge in [0.15, 0.2) is 0 Å². The molecule has 1 saturated carbocycles. The summed E-state index contributed by atoms with van der Waals surface area (Å²) in [6.45, 7) is 2.85. The van der Waals surface area contributed by atoms with Crippen LogP contribution in [0.3, 0.4) is 0 Å². The van der Waals surface area contributed by atoms with Crippen molar-refractivity contribution in [1.29, 1.82) is 0 Å². The first kappa shape index (κ1) is 17.0. The minimum Gasteiger partial charge on any atom is -0.396 e. The normalized spacial score (nSPS) is 17.9. The monoisotopic (exact) mass is 304 g/mol. The molecular formula is C18H28N2O2. The van der Waals surface area contributed by atoms with Crippen molar-refractivity contribution in [2.24, 2.45) is 5.41 Å². The van der Waals surface area contributed by atoms with Gasteiger partial charge in [-0.2, -0.15) is 0 Å². The van der Waals surface area contributed by atoms with Gasteiger partial charge in [0.25, 0.3) is 0 Å². The average molecular weight is 304 g/mol. The van der Waals surface area contributed by atoms with E-state index in [1.165, 1.54) is 0 Å². The highest BCUT2D eigenvalue weighted by Gasteiger charge is 2.39. The molecule has 1 aromatic rings. The first-order valence-electron chi connectivity index (χ1n) is 7.98. The highest BCUT2D eigenvalue weighted by Crippen LogP contribution is 2.41. The van der Waals surface area contributed by atoms with Crippen molar-refractivity contribution in [1.82, 2.24) is 9.80 Å². The van der Waals surface area contributed by atoms with Gasteiger partial charge in [-0.15, -0.1) is 0 Å². The molecule has 1 N–H and O–H groups in total. The predicted octanol–water partition coefficient (Wildman–Crippen LogP) is 2.22.